The maximum atomic E-state index is 10.8. The number of nitrogens with two attached hydrogens (primary N) is 2. The second-order valence-corrected chi connectivity index (χ2v) is 5.58. The van der Waals surface area contributed by atoms with E-state index in [0.29, 0.717) is 12.2 Å². The molecule has 0 aromatic rings. The van der Waals surface area contributed by atoms with Gasteiger partial charge in [-0.2, -0.15) is 11.8 Å². The van der Waals surface area contributed by atoms with Gasteiger partial charge >= 0.3 is 11.9 Å². The highest BCUT2D eigenvalue weighted by Gasteiger charge is 2.18. The molecular weight excluding hydrogens is 370 g/mol. The van der Waals surface area contributed by atoms with Gasteiger partial charge in [0.25, 0.3) is 0 Å². The highest BCUT2D eigenvalue weighted by Crippen LogP contribution is 2.00. The zero-order chi connectivity index (χ0) is 20.5. The van der Waals surface area contributed by atoms with Crippen molar-refractivity contribution in [1.82, 2.24) is 16.0 Å². The van der Waals surface area contributed by atoms with E-state index in [1.165, 1.54) is 11.8 Å². The van der Waals surface area contributed by atoms with Crippen LogP contribution in [0.15, 0.2) is 0 Å². The molecule has 13 heteroatoms. The molecular formula is C13H25N5O7S. The van der Waals surface area contributed by atoms with Crippen LogP contribution in [0.5, 0.6) is 0 Å². The van der Waals surface area contributed by atoms with Crippen molar-refractivity contribution in [2.24, 2.45) is 11.5 Å². The maximum Gasteiger partial charge on any atom is 0.326 e. The number of carbonyl (C=O) groups is 5. The van der Waals surface area contributed by atoms with E-state index >= 15 is 0 Å². The summed E-state index contributed by atoms with van der Waals surface area (Å²) in [6.45, 7) is -1.10. The van der Waals surface area contributed by atoms with Crippen molar-refractivity contribution in [3.05, 3.63) is 0 Å². The van der Waals surface area contributed by atoms with E-state index in [-0.39, 0.29) is 19.6 Å². The third-order valence-electron chi connectivity index (χ3n) is 2.50. The van der Waals surface area contributed by atoms with Gasteiger partial charge in [-0.05, 0) is 18.4 Å². The van der Waals surface area contributed by atoms with E-state index in [0.717, 1.165) is 0 Å². The quantitative estimate of drug-likeness (QED) is 0.183. The van der Waals surface area contributed by atoms with E-state index in [2.05, 4.69) is 16.0 Å². The Kier molecular flexibility index (Phi) is 16.0. The summed E-state index contributed by atoms with van der Waals surface area (Å²) >= 11 is 1.54. The number of carboxylic acids is 2. The monoisotopic (exact) mass is 395 g/mol. The molecule has 0 spiro atoms. The predicted octanol–water partition coefficient (Wildman–Crippen LogP) is -3.47. The topological polar surface area (TPSA) is 214 Å². The Morgan fingerprint density at radius 3 is 1.88 bits per heavy atom. The molecule has 0 fully saturated rings. The number of amides is 3. The van der Waals surface area contributed by atoms with E-state index in [4.69, 9.17) is 21.7 Å². The molecule has 12 nitrogen and oxygen atoms in total. The molecule has 0 saturated carbocycles. The van der Waals surface area contributed by atoms with Gasteiger partial charge in [-0.25, -0.2) is 4.79 Å². The molecule has 0 aliphatic rings. The third kappa shape index (κ3) is 16.5. The molecule has 0 aromatic heterocycles. The summed E-state index contributed by atoms with van der Waals surface area (Å²) in [6, 6.07) is -0.816. The number of carboxylic acid groups (broad SMARTS) is 2. The molecule has 1 atom stereocenters. The van der Waals surface area contributed by atoms with Crippen LogP contribution in [0.25, 0.3) is 0 Å². The molecule has 26 heavy (non-hydrogen) atoms. The Balaban J connectivity index is 0. The lowest BCUT2D eigenvalue weighted by Gasteiger charge is -2.12. The largest absolute Gasteiger partial charge is 0.480 e. The lowest BCUT2D eigenvalue weighted by Crippen LogP contribution is -2.43. The smallest absolute Gasteiger partial charge is 0.326 e. The van der Waals surface area contributed by atoms with Crippen molar-refractivity contribution in [1.29, 1.82) is 0 Å². The van der Waals surface area contributed by atoms with Crippen LogP contribution in [0, 0.1) is 0 Å². The number of rotatable bonds is 11. The molecule has 0 bridgehead atoms. The van der Waals surface area contributed by atoms with Gasteiger partial charge in [0.1, 0.15) is 12.6 Å². The average molecular weight is 395 g/mol. The van der Waals surface area contributed by atoms with Gasteiger partial charge in [-0.3, -0.25) is 19.2 Å². The molecule has 0 heterocycles. The highest BCUT2D eigenvalue weighted by molar-refractivity contribution is 7.98. The lowest BCUT2D eigenvalue weighted by molar-refractivity contribution is -0.141. The first kappa shape index (κ1) is 25.9. The Morgan fingerprint density at radius 1 is 0.923 bits per heavy atom. The average Bonchev–Trinajstić information content (AvgIpc) is 2.61. The van der Waals surface area contributed by atoms with E-state index < -0.39 is 42.2 Å². The van der Waals surface area contributed by atoms with Crippen LogP contribution >= 0.6 is 11.8 Å². The number of carbonyl (C=O) groups excluding carboxylic acids is 3. The van der Waals surface area contributed by atoms with Crippen LogP contribution in [0.1, 0.15) is 6.42 Å². The summed E-state index contributed by atoms with van der Waals surface area (Å²) < 4.78 is 0. The number of aliphatic carboxylic acids is 2. The summed E-state index contributed by atoms with van der Waals surface area (Å²) in [5.41, 5.74) is 9.98. The zero-order valence-electron chi connectivity index (χ0n) is 14.3. The molecule has 0 aliphatic carbocycles. The fraction of sp³-hybridized carbons (Fsp3) is 0.615. The lowest BCUT2D eigenvalue weighted by atomic mass is 10.2. The summed E-state index contributed by atoms with van der Waals surface area (Å²) in [5, 5.41) is 23.4. The molecule has 1 unspecified atom stereocenters. The van der Waals surface area contributed by atoms with Gasteiger partial charge in [0.2, 0.25) is 17.7 Å². The van der Waals surface area contributed by atoms with Crippen LogP contribution in [-0.2, 0) is 24.0 Å². The van der Waals surface area contributed by atoms with Gasteiger partial charge in [0.15, 0.2) is 0 Å². The maximum absolute atomic E-state index is 10.8. The van der Waals surface area contributed by atoms with Crippen molar-refractivity contribution in [2.75, 3.05) is 38.2 Å². The van der Waals surface area contributed by atoms with Crippen LogP contribution in [0.3, 0.4) is 0 Å². The van der Waals surface area contributed by atoms with Crippen LogP contribution in [-0.4, -0.2) is 84.1 Å². The number of hydrogen-bond donors (Lipinski definition) is 7. The molecule has 0 aromatic carbocycles. The van der Waals surface area contributed by atoms with Gasteiger partial charge in [0, 0.05) is 0 Å². The summed E-state index contributed by atoms with van der Waals surface area (Å²) in [4.78, 5) is 52.6. The first-order valence-electron chi connectivity index (χ1n) is 7.34. The fourth-order valence-electron chi connectivity index (χ4n) is 1.23. The normalized spacial score (nSPS) is 10.6. The Bertz CT molecular complexity index is 490. The Labute approximate surface area is 154 Å². The molecule has 0 rings (SSSR count). The molecule has 0 saturated heterocycles. The summed E-state index contributed by atoms with van der Waals surface area (Å²) in [6.07, 6.45) is 2.30. The van der Waals surface area contributed by atoms with Gasteiger partial charge < -0.3 is 37.6 Å². The van der Waals surface area contributed by atoms with Crippen LogP contribution in [0.4, 0.5) is 0 Å². The van der Waals surface area contributed by atoms with Crippen molar-refractivity contribution in [3.8, 4) is 0 Å². The molecule has 3 amide bonds. The molecule has 150 valence electrons. The molecule has 0 aliphatic heterocycles. The first-order valence-corrected chi connectivity index (χ1v) is 8.73. The highest BCUT2D eigenvalue weighted by atomic mass is 32.2. The molecule has 9 N–H and O–H groups in total. The Morgan fingerprint density at radius 2 is 1.46 bits per heavy atom. The van der Waals surface area contributed by atoms with E-state index in [9.17, 15) is 24.0 Å². The number of hydrogen-bond acceptors (Lipinski definition) is 8. The van der Waals surface area contributed by atoms with E-state index in [1.807, 2.05) is 6.26 Å². The van der Waals surface area contributed by atoms with Crippen molar-refractivity contribution in [2.45, 2.75) is 12.5 Å². The number of nitrogens with one attached hydrogen (secondary N) is 3. The molecule has 0 radical (unpaired) electrons. The second kappa shape index (κ2) is 16.1. The third-order valence-corrected chi connectivity index (χ3v) is 3.14. The van der Waals surface area contributed by atoms with Gasteiger partial charge in [-0.15, -0.1) is 0 Å². The number of thioether (sulfide) groups is 1. The van der Waals surface area contributed by atoms with Crippen LogP contribution in [0.2, 0.25) is 0 Å². The van der Waals surface area contributed by atoms with Crippen molar-refractivity contribution >= 4 is 41.4 Å². The second-order valence-electron chi connectivity index (χ2n) is 4.60. The first-order chi connectivity index (χ1) is 12.2. The predicted molar refractivity (Wildman–Crippen MR) is 94.3 cm³/mol. The SMILES string of the molecule is CSCCC(NC(=O)CN)C(=O)O.NCC(=O)NCC(=O)NCC(=O)O. The minimum atomic E-state index is -1.14. The summed E-state index contributed by atoms with van der Waals surface area (Å²) in [7, 11) is 0. The van der Waals surface area contributed by atoms with Gasteiger partial charge in [-0.1, -0.05) is 0 Å². The van der Waals surface area contributed by atoms with Crippen LogP contribution < -0.4 is 27.4 Å². The minimum Gasteiger partial charge on any atom is -0.480 e. The summed E-state index contributed by atoms with van der Waals surface area (Å²) in [5.74, 6) is -2.93. The van der Waals surface area contributed by atoms with Gasteiger partial charge in [0.05, 0.1) is 19.6 Å². The van der Waals surface area contributed by atoms with Crippen molar-refractivity contribution in [3.63, 3.8) is 0 Å². The van der Waals surface area contributed by atoms with Crippen molar-refractivity contribution < 1.29 is 34.2 Å². The zero-order valence-corrected chi connectivity index (χ0v) is 15.1. The standard InChI is InChI=1S/C7H14N2O3S.C6H11N3O4/c1-13-3-2-5(7(11)12)9-6(10)4-8;7-1-4(10)8-2-5(11)9-3-6(12)13/h5H,2-4,8H2,1H3,(H,9,10)(H,11,12);1-3,7H2,(H,8,10)(H,9,11)(H,12,13). The minimum absolute atomic E-state index is 0.178. The Hall–Kier alpha value is -2.38. The fourth-order valence-corrected chi connectivity index (χ4v) is 1.71. The van der Waals surface area contributed by atoms with E-state index in [1.54, 1.807) is 0 Å².